The lowest BCUT2D eigenvalue weighted by Crippen LogP contribution is -2.46. The molecule has 6 heteroatoms. The number of halogens is 2. The monoisotopic (exact) mass is 388 g/mol. The number of ketones is 1. The van der Waals surface area contributed by atoms with Gasteiger partial charge in [-0.05, 0) is 67.8 Å². The van der Waals surface area contributed by atoms with Crippen LogP contribution in [0.1, 0.15) is 45.5 Å². The minimum atomic E-state index is 0. The van der Waals surface area contributed by atoms with Crippen molar-refractivity contribution in [2.24, 2.45) is 0 Å². The van der Waals surface area contributed by atoms with Gasteiger partial charge in [-0.1, -0.05) is 6.07 Å². The van der Waals surface area contributed by atoms with Crippen LogP contribution in [0.4, 0.5) is 0 Å². The van der Waals surface area contributed by atoms with E-state index in [1.807, 2.05) is 0 Å². The summed E-state index contributed by atoms with van der Waals surface area (Å²) in [5.74, 6) is 0.390. The molecular formula is C19H30Cl2N2O2. The minimum absolute atomic E-state index is 0. The zero-order valence-corrected chi connectivity index (χ0v) is 16.6. The lowest BCUT2D eigenvalue weighted by Gasteiger charge is -2.32. The van der Waals surface area contributed by atoms with E-state index in [9.17, 15) is 4.79 Å². The lowest BCUT2D eigenvalue weighted by molar-refractivity contribution is 0.0874. The van der Waals surface area contributed by atoms with E-state index in [0.29, 0.717) is 12.3 Å². The molecule has 0 saturated carbocycles. The molecule has 0 atom stereocenters. The number of hydrogen-bond acceptors (Lipinski definition) is 3. The van der Waals surface area contributed by atoms with Crippen LogP contribution in [0, 0.1) is 0 Å². The number of nitrogens with zero attached hydrogens (tertiary/aromatic N) is 2. The average Bonchev–Trinajstić information content (AvgIpc) is 3.15. The number of carbonyl (C=O) groups excluding carboxylic acids is 1. The van der Waals surface area contributed by atoms with Gasteiger partial charge in [0.1, 0.15) is 0 Å². The van der Waals surface area contributed by atoms with E-state index in [-0.39, 0.29) is 30.3 Å². The van der Waals surface area contributed by atoms with Crippen molar-refractivity contribution in [3.63, 3.8) is 0 Å². The molecule has 0 aromatic heterocycles. The van der Waals surface area contributed by atoms with Gasteiger partial charge in [0.05, 0.1) is 6.54 Å². The van der Waals surface area contributed by atoms with Gasteiger partial charge >= 0.3 is 0 Å². The molecule has 0 amide bonds. The fourth-order valence-electron chi connectivity index (χ4n) is 4.44. The maximum Gasteiger partial charge on any atom is 0.177 e. The third-order valence-corrected chi connectivity index (χ3v) is 5.71. The number of carbonyl (C=O) groups is 1. The van der Waals surface area contributed by atoms with Crippen LogP contribution < -0.4 is 0 Å². The van der Waals surface area contributed by atoms with Crippen molar-refractivity contribution >= 4 is 30.6 Å². The van der Waals surface area contributed by atoms with Crippen LogP contribution in [0.3, 0.4) is 0 Å². The van der Waals surface area contributed by atoms with E-state index in [1.165, 1.54) is 47.9 Å². The zero-order valence-electron chi connectivity index (χ0n) is 15.0. The highest BCUT2D eigenvalue weighted by Gasteiger charge is 2.28. The molecule has 25 heavy (non-hydrogen) atoms. The summed E-state index contributed by atoms with van der Waals surface area (Å²) in [6.45, 7) is 4.84. The molecule has 0 unspecified atom stereocenters. The molecular weight excluding hydrogens is 359 g/mol. The van der Waals surface area contributed by atoms with Crippen molar-refractivity contribution in [2.45, 2.75) is 38.5 Å². The molecule has 3 aliphatic rings. The summed E-state index contributed by atoms with van der Waals surface area (Å²) in [5, 5.41) is 0. The Balaban J connectivity index is 0.00000104. The second-order valence-corrected chi connectivity index (χ2v) is 7.24. The normalized spacial score (nSPS) is 19.2. The first kappa shape index (κ1) is 22.4. The van der Waals surface area contributed by atoms with Crippen LogP contribution in [0.5, 0.6) is 0 Å². The third kappa shape index (κ3) is 4.37. The van der Waals surface area contributed by atoms with Crippen LogP contribution in [-0.4, -0.2) is 60.8 Å². The number of piperazine rings is 1. The number of likely N-dealkylation sites (N-methyl/N-ethyl adjacent to an activating group) is 1. The van der Waals surface area contributed by atoms with Gasteiger partial charge in [-0.25, -0.2) is 0 Å². The quantitative estimate of drug-likeness (QED) is 0.745. The van der Waals surface area contributed by atoms with E-state index >= 15 is 0 Å². The van der Waals surface area contributed by atoms with E-state index in [0.717, 1.165) is 44.6 Å². The fraction of sp³-hybridized carbons (Fsp3) is 0.632. The van der Waals surface area contributed by atoms with Gasteiger partial charge in [-0.2, -0.15) is 0 Å². The van der Waals surface area contributed by atoms with Crippen molar-refractivity contribution in [3.05, 3.63) is 33.9 Å². The van der Waals surface area contributed by atoms with Crippen LogP contribution in [-0.2, 0) is 25.7 Å². The van der Waals surface area contributed by atoms with Crippen molar-refractivity contribution < 1.29 is 10.3 Å². The number of hydrogen-bond donors (Lipinski definition) is 0. The highest BCUT2D eigenvalue weighted by molar-refractivity contribution is 6.01. The fourth-order valence-corrected chi connectivity index (χ4v) is 4.44. The number of Topliss-reactive ketones (excluding diaryl/α,β-unsaturated/α-hetero) is 1. The molecule has 0 radical (unpaired) electrons. The first-order valence-electron chi connectivity index (χ1n) is 8.83. The standard InChI is InChI=1S/C19H26N2O.2ClH.H2O/c1-20-8-10-21(11-9-20)13-18(22)19-16-6-2-4-14(16)12-15-5-3-7-17(15)19;;;/h12H,2-11,13H2,1H3;2*1H;1H2. The maximum absolute atomic E-state index is 13.1. The summed E-state index contributed by atoms with van der Waals surface area (Å²) >= 11 is 0. The SMILES string of the molecule is CN1CCN(CC(=O)c2c3c(cc4c2CCC4)CCC3)CC1.Cl.Cl.O. The predicted octanol–water partition coefficient (Wildman–Crippen LogP) is 2.11. The summed E-state index contributed by atoms with van der Waals surface area (Å²) in [7, 11) is 2.16. The Morgan fingerprint density at radius 3 is 1.96 bits per heavy atom. The van der Waals surface area contributed by atoms with Gasteiger partial charge in [0.15, 0.2) is 5.78 Å². The summed E-state index contributed by atoms with van der Waals surface area (Å²) in [4.78, 5) is 17.7. The molecule has 2 aliphatic carbocycles. The molecule has 1 fully saturated rings. The molecule has 1 aliphatic heterocycles. The van der Waals surface area contributed by atoms with E-state index in [2.05, 4.69) is 22.9 Å². The molecule has 142 valence electrons. The Bertz CT molecular complexity index is 582. The number of rotatable bonds is 3. The lowest BCUT2D eigenvalue weighted by atomic mass is 9.91. The summed E-state index contributed by atoms with van der Waals surface area (Å²) in [6.07, 6.45) is 7.05. The van der Waals surface area contributed by atoms with Crippen molar-refractivity contribution in [1.29, 1.82) is 0 Å². The zero-order chi connectivity index (χ0) is 15.1. The van der Waals surface area contributed by atoms with Crippen molar-refractivity contribution in [1.82, 2.24) is 9.80 Å². The first-order valence-corrected chi connectivity index (χ1v) is 8.83. The highest BCUT2D eigenvalue weighted by Crippen LogP contribution is 2.35. The summed E-state index contributed by atoms with van der Waals surface area (Å²) in [6, 6.07) is 2.41. The second kappa shape index (κ2) is 9.33. The molecule has 0 bridgehead atoms. The van der Waals surface area contributed by atoms with Gasteiger partial charge in [-0.15, -0.1) is 24.8 Å². The van der Waals surface area contributed by atoms with E-state index < -0.39 is 0 Å². The Morgan fingerprint density at radius 2 is 1.44 bits per heavy atom. The van der Waals surface area contributed by atoms with Crippen LogP contribution in [0.25, 0.3) is 0 Å². The summed E-state index contributed by atoms with van der Waals surface area (Å²) in [5.41, 5.74) is 6.89. The largest absolute Gasteiger partial charge is 0.412 e. The van der Waals surface area contributed by atoms with Crippen molar-refractivity contribution in [3.8, 4) is 0 Å². The molecule has 0 spiro atoms. The Kier molecular flexibility index (Phi) is 8.36. The second-order valence-electron chi connectivity index (χ2n) is 7.24. The Morgan fingerprint density at radius 1 is 0.920 bits per heavy atom. The van der Waals surface area contributed by atoms with Gasteiger partial charge in [0, 0.05) is 31.7 Å². The number of benzene rings is 1. The van der Waals surface area contributed by atoms with Crippen molar-refractivity contribution in [2.75, 3.05) is 39.8 Å². The van der Waals surface area contributed by atoms with E-state index in [4.69, 9.17) is 0 Å². The molecule has 1 aromatic carbocycles. The topological polar surface area (TPSA) is 55.0 Å². The summed E-state index contributed by atoms with van der Waals surface area (Å²) < 4.78 is 0. The Labute approximate surface area is 163 Å². The van der Waals surface area contributed by atoms with Gasteiger partial charge in [-0.3, -0.25) is 9.69 Å². The van der Waals surface area contributed by atoms with Crippen LogP contribution >= 0.6 is 24.8 Å². The van der Waals surface area contributed by atoms with E-state index in [1.54, 1.807) is 0 Å². The van der Waals surface area contributed by atoms with Gasteiger partial charge < -0.3 is 10.4 Å². The molecule has 4 rings (SSSR count). The number of aryl methyl sites for hydroxylation is 2. The molecule has 4 nitrogen and oxygen atoms in total. The van der Waals surface area contributed by atoms with Crippen LogP contribution in [0.2, 0.25) is 0 Å². The first-order chi connectivity index (χ1) is 10.7. The Hall–Kier alpha value is -0.650. The highest BCUT2D eigenvalue weighted by atomic mass is 35.5. The smallest absolute Gasteiger partial charge is 0.177 e. The molecule has 2 N–H and O–H groups in total. The van der Waals surface area contributed by atoms with Gasteiger partial charge in [0.2, 0.25) is 0 Å². The molecule has 1 aromatic rings. The predicted molar refractivity (Wildman–Crippen MR) is 107 cm³/mol. The molecule has 1 heterocycles. The minimum Gasteiger partial charge on any atom is -0.412 e. The molecule has 1 saturated heterocycles. The van der Waals surface area contributed by atoms with Gasteiger partial charge in [0.25, 0.3) is 0 Å². The van der Waals surface area contributed by atoms with Crippen LogP contribution in [0.15, 0.2) is 6.07 Å². The number of fused-ring (bicyclic) bond motifs is 2. The third-order valence-electron chi connectivity index (χ3n) is 5.71. The average molecular weight is 389 g/mol. The maximum atomic E-state index is 13.1.